The molecule has 5 atom stereocenters. The number of anilines is 4. The molecule has 0 bridgehead atoms. The van der Waals surface area contributed by atoms with Gasteiger partial charge in [0, 0.05) is 61.1 Å². The highest BCUT2D eigenvalue weighted by atomic mass is 16.6. The molecule has 1 spiro atoms. The zero-order chi connectivity index (χ0) is 79.3. The number of methoxy groups -OCH3 is 3. The summed E-state index contributed by atoms with van der Waals surface area (Å²) in [6.45, 7) is 11.5. The fraction of sp³-hybridized carbons (Fsp3) is 0.410. The number of fused-ring (bicyclic) bond motifs is 9. The monoisotopic (exact) mass is 1530 g/mol. The molecule has 9 amide bonds. The molecule has 0 radical (unpaired) electrons. The summed E-state index contributed by atoms with van der Waals surface area (Å²) in [6.07, 6.45) is 4.01. The van der Waals surface area contributed by atoms with Crippen LogP contribution in [0, 0.1) is 11.3 Å². The van der Waals surface area contributed by atoms with Crippen LogP contribution in [0.15, 0.2) is 128 Å². The lowest BCUT2D eigenvalue weighted by atomic mass is 9.94. The van der Waals surface area contributed by atoms with Gasteiger partial charge in [0.05, 0.1) is 106 Å². The number of carbonyl (C=O) groups is 9. The van der Waals surface area contributed by atoms with Crippen LogP contribution in [0.2, 0.25) is 0 Å². The molecule has 112 heavy (non-hydrogen) atoms. The van der Waals surface area contributed by atoms with E-state index in [4.69, 9.17) is 28.4 Å². The average Bonchev–Trinajstić information content (AvgIpc) is 1.57. The van der Waals surface area contributed by atoms with E-state index in [1.165, 1.54) is 33.3 Å². The van der Waals surface area contributed by atoms with Gasteiger partial charge in [-0.15, -0.1) is 5.10 Å². The molecule has 1 aliphatic carbocycles. The first-order valence-corrected chi connectivity index (χ1v) is 37.9. The van der Waals surface area contributed by atoms with Gasteiger partial charge in [0.25, 0.3) is 11.8 Å². The summed E-state index contributed by atoms with van der Waals surface area (Å²) in [5, 5.41) is 37.8. The Balaban J connectivity index is 0.556. The summed E-state index contributed by atoms with van der Waals surface area (Å²) >= 11 is 0. The molecular formula is C83H95N13O16. The minimum atomic E-state index is -1.48. The second-order valence-electron chi connectivity index (χ2n) is 30.5. The van der Waals surface area contributed by atoms with Gasteiger partial charge >= 0.3 is 6.09 Å². The fourth-order valence-corrected chi connectivity index (χ4v) is 14.9. The summed E-state index contributed by atoms with van der Waals surface area (Å²) in [6, 6.07) is 33.0. The van der Waals surface area contributed by atoms with Crippen molar-refractivity contribution >= 4 is 81.7 Å². The van der Waals surface area contributed by atoms with Crippen molar-refractivity contribution in [2.75, 3.05) is 81.2 Å². The molecule has 0 unspecified atom stereocenters. The van der Waals surface area contributed by atoms with Gasteiger partial charge < -0.3 is 80.1 Å². The SMILES string of the molecule is COc1ccc(C2=CN3C(=O)c4cc(OC)c(OCCCCCOc5cc6c(cc5OC)C(=O)N5CC7(CC7)C[C@H]5[C@H](O)N6C(=O)OCc5ccc(NC(=O)[C@H](C)NC(=O)[C@@H](NC(=O)CNC(=O)CNC(=O)CCC(=O)N6Cc7ccccc7-c7c(nnn7C(C)(C)C)-c7ccccc76)C(C)C)cc5)cc4NC[C@@H]3C2)cc1. The van der Waals surface area contributed by atoms with Crippen molar-refractivity contribution in [2.24, 2.45) is 11.3 Å². The number of rotatable bonds is 27. The van der Waals surface area contributed by atoms with Gasteiger partial charge in [-0.25, -0.2) is 14.4 Å². The second-order valence-corrected chi connectivity index (χ2v) is 30.5. The highest BCUT2D eigenvalue weighted by molar-refractivity contribution is 6.07. The topological polar surface area (TPSA) is 345 Å². The van der Waals surface area contributed by atoms with E-state index < -0.39 is 84.5 Å². The molecule has 1 saturated heterocycles. The minimum absolute atomic E-state index is 0.0779. The lowest BCUT2D eigenvalue weighted by Crippen LogP contribution is -2.55. The Bertz CT molecular complexity index is 4800. The van der Waals surface area contributed by atoms with Crippen LogP contribution < -0.4 is 65.4 Å². The molecule has 7 aromatic rings. The van der Waals surface area contributed by atoms with Gasteiger partial charge in [-0.2, -0.15) is 0 Å². The Morgan fingerprint density at radius 3 is 2.04 bits per heavy atom. The number of aromatic nitrogens is 3. The van der Waals surface area contributed by atoms with Gasteiger partial charge in [-0.05, 0) is 149 Å². The predicted molar refractivity (Wildman–Crippen MR) is 416 cm³/mol. The van der Waals surface area contributed by atoms with E-state index in [0.717, 1.165) is 51.4 Å². The molecule has 5 aliphatic heterocycles. The number of carbonyl (C=O) groups excluding carboxylic acids is 9. The summed E-state index contributed by atoms with van der Waals surface area (Å²) in [5.74, 6) is -2.30. The highest BCUT2D eigenvalue weighted by Crippen LogP contribution is 2.57. The van der Waals surface area contributed by atoms with Crippen LogP contribution in [0.4, 0.5) is 27.5 Å². The molecule has 6 aromatic carbocycles. The standard InChI is InChI=1S/C83H95N13O16/c1-48(2)73(89-71(99)43-86-70(98)42-85-69(97)29-30-72(100)93-44-52-17-11-12-18-57(52)75-74(58-19-13-14-20-62(58)93)90-91-96(75)82(4,5)6)77(102)87-49(3)76(101)88-54-25-21-50(22-26-54)46-112-81(106)95-63-39-68(66(109-9)37-60(63)79(104)94-47-83(31-32-83)40-64(94)80(95)105)111-34-16-10-15-33-110-67-38-61-59(36-65(67)108-8)78(103)92-45-53(35-55(92)41-84-61)51-23-27-56(107-7)28-24-51/h11-14,17-28,36-39,45,48-49,55,64,73,80,84,105H,10,15-16,29-35,40-44,46-47H2,1-9H3,(H,85,97)(H,86,98)(H,87,102)(H,88,101)(H,89,99)/t49-,55-,64-,73-,80-/m0/s1. The first-order valence-electron chi connectivity index (χ1n) is 37.9. The Morgan fingerprint density at radius 1 is 0.688 bits per heavy atom. The number of unbranched alkanes of at least 4 members (excludes halogenated alkanes) is 2. The Morgan fingerprint density at radius 2 is 1.36 bits per heavy atom. The zero-order valence-corrected chi connectivity index (χ0v) is 64.3. The van der Waals surface area contributed by atoms with E-state index in [-0.39, 0.29) is 84.5 Å². The van der Waals surface area contributed by atoms with E-state index in [2.05, 4.69) is 42.2 Å². The summed E-state index contributed by atoms with van der Waals surface area (Å²) < 4.78 is 37.2. The van der Waals surface area contributed by atoms with E-state index >= 15 is 0 Å². The maximum absolute atomic E-state index is 14.5. The van der Waals surface area contributed by atoms with E-state index in [9.17, 15) is 48.3 Å². The van der Waals surface area contributed by atoms with Gasteiger partial charge in [-0.3, -0.25) is 38.4 Å². The van der Waals surface area contributed by atoms with Crippen molar-refractivity contribution < 1.29 is 76.7 Å². The quantitative estimate of drug-likeness (QED) is 0.0236. The van der Waals surface area contributed by atoms with Crippen molar-refractivity contribution in [1.82, 2.24) is 46.1 Å². The van der Waals surface area contributed by atoms with Crippen molar-refractivity contribution in [1.29, 1.82) is 0 Å². The molecule has 13 rings (SSSR count). The third-order valence-electron chi connectivity index (χ3n) is 21.3. The molecule has 6 aliphatic rings. The van der Waals surface area contributed by atoms with Crippen molar-refractivity contribution in [2.45, 2.75) is 148 Å². The summed E-state index contributed by atoms with van der Waals surface area (Å²) in [5.41, 5.74) is 8.32. The number of nitrogens with one attached hydrogen (secondary N) is 6. The third kappa shape index (κ3) is 17.0. The smallest absolute Gasteiger partial charge is 0.416 e. The van der Waals surface area contributed by atoms with Crippen molar-refractivity contribution in [3.8, 4) is 51.3 Å². The van der Waals surface area contributed by atoms with Crippen LogP contribution >= 0.6 is 0 Å². The number of benzene rings is 6. The molecular weight excluding hydrogens is 1430 g/mol. The Kier molecular flexibility index (Phi) is 23.2. The lowest BCUT2D eigenvalue weighted by molar-refractivity contribution is -0.132. The van der Waals surface area contributed by atoms with Gasteiger partial charge in [0.1, 0.15) is 30.1 Å². The van der Waals surface area contributed by atoms with Crippen LogP contribution in [0.1, 0.15) is 137 Å². The third-order valence-corrected chi connectivity index (χ3v) is 21.3. The normalized spacial score (nSPS) is 17.5. The van der Waals surface area contributed by atoms with Crippen molar-refractivity contribution in [3.05, 3.63) is 155 Å². The minimum Gasteiger partial charge on any atom is -0.497 e. The largest absolute Gasteiger partial charge is 0.497 e. The summed E-state index contributed by atoms with van der Waals surface area (Å²) in [4.78, 5) is 130. The number of hydrogen-bond acceptors (Lipinski definition) is 19. The first-order chi connectivity index (χ1) is 53.8. The number of hydrogen-bond donors (Lipinski definition) is 7. The van der Waals surface area contributed by atoms with Crippen LogP contribution in [0.3, 0.4) is 0 Å². The molecule has 29 heteroatoms. The molecule has 1 saturated carbocycles. The van der Waals surface area contributed by atoms with Crippen LogP contribution in [-0.4, -0.2) is 174 Å². The lowest BCUT2D eigenvalue weighted by Gasteiger charge is -2.31. The molecule has 2 fully saturated rings. The number of para-hydroxylation sites is 1. The first kappa shape index (κ1) is 78.1. The van der Waals surface area contributed by atoms with Gasteiger partial charge in [0.2, 0.25) is 35.4 Å². The Labute approximate surface area is 649 Å². The number of aliphatic hydroxyl groups excluding tert-OH is 1. The Hall–Kier alpha value is -12.0. The van der Waals surface area contributed by atoms with Gasteiger partial charge in [-0.1, -0.05) is 85.8 Å². The molecule has 6 heterocycles. The van der Waals surface area contributed by atoms with Crippen LogP contribution in [-0.2, 0) is 52.2 Å². The predicted octanol–water partition coefficient (Wildman–Crippen LogP) is 9.32. The number of ether oxygens (including phenoxy) is 6. The van der Waals surface area contributed by atoms with Crippen LogP contribution in [0.5, 0.6) is 28.7 Å². The van der Waals surface area contributed by atoms with Crippen LogP contribution in [0.25, 0.3) is 28.1 Å². The summed E-state index contributed by atoms with van der Waals surface area (Å²) in [7, 11) is 4.62. The average molecular weight is 1530 g/mol. The van der Waals surface area contributed by atoms with E-state index in [0.29, 0.717) is 103 Å². The van der Waals surface area contributed by atoms with Crippen molar-refractivity contribution in [3.63, 3.8) is 0 Å². The van der Waals surface area contributed by atoms with E-state index in [1.54, 1.807) is 66.0 Å². The van der Waals surface area contributed by atoms with Gasteiger partial charge in [0.15, 0.2) is 29.2 Å². The fourth-order valence-electron chi connectivity index (χ4n) is 14.9. The maximum Gasteiger partial charge on any atom is 0.416 e. The number of nitrogens with zero attached hydrogens (tertiary/aromatic N) is 7. The maximum atomic E-state index is 14.5. The molecule has 588 valence electrons. The highest BCUT2D eigenvalue weighted by Gasteiger charge is 2.58. The number of aliphatic hydroxyl groups is 1. The number of amides is 9. The molecule has 29 nitrogen and oxygen atoms in total. The molecule has 7 N–H and O–H groups in total. The molecule has 1 aromatic heterocycles. The second kappa shape index (κ2) is 33.3. The zero-order valence-electron chi connectivity index (χ0n) is 64.3. The van der Waals surface area contributed by atoms with E-state index in [1.807, 2.05) is 111 Å².